The molecule has 0 bridgehead atoms. The first-order chi connectivity index (χ1) is 11.6. The van der Waals surface area contributed by atoms with Gasteiger partial charge in [0.1, 0.15) is 5.75 Å². The molecule has 1 aliphatic carbocycles. The first-order valence-electron chi connectivity index (χ1n) is 7.77. The minimum Gasteiger partial charge on any atom is -0.497 e. The van der Waals surface area contributed by atoms with E-state index in [1.165, 1.54) is 12.1 Å². The maximum Gasteiger partial charge on any atom is 0.270 e. The van der Waals surface area contributed by atoms with E-state index in [4.69, 9.17) is 4.74 Å². The van der Waals surface area contributed by atoms with Crippen LogP contribution in [-0.4, -0.2) is 28.9 Å². The molecule has 0 spiro atoms. The van der Waals surface area contributed by atoms with Crippen LogP contribution in [0.5, 0.6) is 5.75 Å². The molecule has 0 atom stereocenters. The number of nitrogens with zero attached hydrogens (tertiary/aromatic N) is 2. The summed E-state index contributed by atoms with van der Waals surface area (Å²) in [4.78, 5) is 25.0. The SMILES string of the molecule is COc1ccc(CN(C(=O)c2cccc([N+](=O)[O-])c2)C2CC2)cc1. The van der Waals surface area contributed by atoms with E-state index in [0.29, 0.717) is 12.1 Å². The second kappa shape index (κ2) is 6.70. The molecule has 0 radical (unpaired) electrons. The molecular formula is C18H18N2O4. The Kier molecular flexibility index (Phi) is 4.46. The summed E-state index contributed by atoms with van der Waals surface area (Å²) in [5.41, 5.74) is 1.28. The van der Waals surface area contributed by atoms with Crippen molar-refractivity contribution in [3.05, 3.63) is 69.8 Å². The Morgan fingerprint density at radius 3 is 2.54 bits per heavy atom. The fraction of sp³-hybridized carbons (Fsp3) is 0.278. The summed E-state index contributed by atoms with van der Waals surface area (Å²) in [6.07, 6.45) is 1.94. The topological polar surface area (TPSA) is 72.7 Å². The molecule has 1 amide bonds. The highest BCUT2D eigenvalue weighted by atomic mass is 16.6. The number of hydrogen-bond acceptors (Lipinski definition) is 4. The average molecular weight is 326 g/mol. The quantitative estimate of drug-likeness (QED) is 0.602. The number of amides is 1. The second-order valence-corrected chi connectivity index (χ2v) is 5.82. The van der Waals surface area contributed by atoms with Crippen molar-refractivity contribution < 1.29 is 14.5 Å². The standard InChI is InChI=1S/C18H18N2O4/c1-24-17-9-5-13(6-10-17)12-19(15-7-8-15)18(21)14-3-2-4-16(11-14)20(22)23/h2-6,9-11,15H,7-8,12H2,1H3. The van der Waals surface area contributed by atoms with Crippen LogP contribution in [0.15, 0.2) is 48.5 Å². The first kappa shape index (κ1) is 16.0. The van der Waals surface area contributed by atoms with Crippen molar-refractivity contribution in [3.63, 3.8) is 0 Å². The van der Waals surface area contributed by atoms with Gasteiger partial charge in [-0.25, -0.2) is 0 Å². The molecule has 2 aromatic carbocycles. The summed E-state index contributed by atoms with van der Waals surface area (Å²) < 4.78 is 5.14. The minimum absolute atomic E-state index is 0.0685. The molecule has 0 aromatic heterocycles. The van der Waals surface area contributed by atoms with E-state index >= 15 is 0 Å². The zero-order chi connectivity index (χ0) is 17.1. The molecule has 24 heavy (non-hydrogen) atoms. The van der Waals surface area contributed by atoms with Crippen LogP contribution in [0.3, 0.4) is 0 Å². The highest BCUT2D eigenvalue weighted by Crippen LogP contribution is 2.30. The molecule has 1 saturated carbocycles. The maximum atomic E-state index is 12.8. The number of carbonyl (C=O) groups excluding carboxylic acids is 1. The Morgan fingerprint density at radius 2 is 1.96 bits per heavy atom. The third-order valence-electron chi connectivity index (χ3n) is 4.06. The lowest BCUT2D eigenvalue weighted by molar-refractivity contribution is -0.384. The molecule has 0 saturated heterocycles. The molecular weight excluding hydrogens is 308 g/mol. The predicted octanol–water partition coefficient (Wildman–Crippen LogP) is 3.41. The van der Waals surface area contributed by atoms with Gasteiger partial charge in [-0.05, 0) is 36.6 Å². The number of hydrogen-bond donors (Lipinski definition) is 0. The highest BCUT2D eigenvalue weighted by molar-refractivity contribution is 5.95. The maximum absolute atomic E-state index is 12.8. The van der Waals surface area contributed by atoms with Crippen molar-refractivity contribution in [3.8, 4) is 5.75 Å². The van der Waals surface area contributed by atoms with Crippen LogP contribution in [0, 0.1) is 10.1 Å². The first-order valence-corrected chi connectivity index (χ1v) is 7.77. The van der Waals surface area contributed by atoms with E-state index in [1.54, 1.807) is 24.1 Å². The Hall–Kier alpha value is -2.89. The van der Waals surface area contributed by atoms with Gasteiger partial charge < -0.3 is 9.64 Å². The van der Waals surface area contributed by atoms with E-state index in [9.17, 15) is 14.9 Å². The third kappa shape index (κ3) is 3.53. The van der Waals surface area contributed by atoms with Gasteiger partial charge >= 0.3 is 0 Å². The zero-order valence-electron chi connectivity index (χ0n) is 13.3. The van der Waals surface area contributed by atoms with Crippen LogP contribution in [0.2, 0.25) is 0 Å². The molecule has 2 aromatic rings. The lowest BCUT2D eigenvalue weighted by Gasteiger charge is -2.22. The summed E-state index contributed by atoms with van der Waals surface area (Å²) in [7, 11) is 1.61. The highest BCUT2D eigenvalue weighted by Gasteiger charge is 2.33. The van der Waals surface area contributed by atoms with Crippen LogP contribution >= 0.6 is 0 Å². The number of benzene rings is 2. The normalized spacial score (nSPS) is 13.4. The molecule has 0 aliphatic heterocycles. The monoisotopic (exact) mass is 326 g/mol. The second-order valence-electron chi connectivity index (χ2n) is 5.82. The molecule has 3 rings (SSSR count). The Balaban J connectivity index is 1.81. The van der Waals surface area contributed by atoms with E-state index in [1.807, 2.05) is 24.3 Å². The smallest absolute Gasteiger partial charge is 0.270 e. The van der Waals surface area contributed by atoms with E-state index in [2.05, 4.69) is 0 Å². The predicted molar refractivity (Wildman–Crippen MR) is 89.0 cm³/mol. The van der Waals surface area contributed by atoms with Gasteiger partial charge in [0.15, 0.2) is 0 Å². The van der Waals surface area contributed by atoms with E-state index in [-0.39, 0.29) is 17.6 Å². The van der Waals surface area contributed by atoms with Gasteiger partial charge in [-0.1, -0.05) is 18.2 Å². The number of ether oxygens (including phenoxy) is 1. The average Bonchev–Trinajstić information content (AvgIpc) is 3.44. The van der Waals surface area contributed by atoms with Crippen molar-refractivity contribution in [1.82, 2.24) is 4.90 Å². The van der Waals surface area contributed by atoms with Crippen molar-refractivity contribution in [2.75, 3.05) is 7.11 Å². The van der Waals surface area contributed by atoms with Crippen LogP contribution in [0.1, 0.15) is 28.8 Å². The summed E-state index contributed by atoms with van der Waals surface area (Å²) in [5, 5.41) is 10.9. The Labute approximate surface area is 139 Å². The Bertz CT molecular complexity index is 754. The third-order valence-corrected chi connectivity index (χ3v) is 4.06. The number of methoxy groups -OCH3 is 1. The molecule has 0 unspecified atom stereocenters. The fourth-order valence-electron chi connectivity index (χ4n) is 2.60. The number of nitro benzene ring substituents is 1. The van der Waals surface area contributed by atoms with E-state index in [0.717, 1.165) is 24.2 Å². The van der Waals surface area contributed by atoms with Crippen molar-refractivity contribution in [2.24, 2.45) is 0 Å². The van der Waals surface area contributed by atoms with Crippen LogP contribution < -0.4 is 4.74 Å². The molecule has 0 N–H and O–H groups in total. The summed E-state index contributed by atoms with van der Waals surface area (Å²) in [5.74, 6) is 0.596. The van der Waals surface area contributed by atoms with Crippen LogP contribution in [-0.2, 0) is 6.54 Å². The number of nitro groups is 1. The lowest BCUT2D eigenvalue weighted by Crippen LogP contribution is -2.32. The number of non-ortho nitro benzene ring substituents is 1. The van der Waals surface area contributed by atoms with Gasteiger partial charge in [-0.15, -0.1) is 0 Å². The summed E-state index contributed by atoms with van der Waals surface area (Å²) in [6, 6.07) is 13.7. The van der Waals surface area contributed by atoms with Gasteiger partial charge in [0, 0.05) is 30.3 Å². The number of carbonyl (C=O) groups is 1. The molecule has 1 fully saturated rings. The van der Waals surface area contributed by atoms with Gasteiger partial charge in [0.25, 0.3) is 11.6 Å². The summed E-state index contributed by atoms with van der Waals surface area (Å²) >= 11 is 0. The molecule has 124 valence electrons. The summed E-state index contributed by atoms with van der Waals surface area (Å²) in [6.45, 7) is 0.482. The van der Waals surface area contributed by atoms with Gasteiger partial charge in [0.05, 0.1) is 12.0 Å². The van der Waals surface area contributed by atoms with Crippen LogP contribution in [0.25, 0.3) is 0 Å². The largest absolute Gasteiger partial charge is 0.497 e. The molecule has 1 aliphatic rings. The van der Waals surface area contributed by atoms with Crippen molar-refractivity contribution in [1.29, 1.82) is 0 Å². The molecule has 0 heterocycles. The van der Waals surface area contributed by atoms with E-state index < -0.39 is 4.92 Å². The Morgan fingerprint density at radius 1 is 1.25 bits per heavy atom. The fourth-order valence-corrected chi connectivity index (χ4v) is 2.60. The lowest BCUT2D eigenvalue weighted by atomic mass is 10.1. The van der Waals surface area contributed by atoms with Crippen LogP contribution in [0.4, 0.5) is 5.69 Å². The zero-order valence-corrected chi connectivity index (χ0v) is 13.3. The number of rotatable bonds is 6. The van der Waals surface area contributed by atoms with Gasteiger partial charge in [0.2, 0.25) is 0 Å². The van der Waals surface area contributed by atoms with Crippen molar-refractivity contribution in [2.45, 2.75) is 25.4 Å². The van der Waals surface area contributed by atoms with Crippen molar-refractivity contribution >= 4 is 11.6 Å². The van der Waals surface area contributed by atoms with Gasteiger partial charge in [-0.3, -0.25) is 14.9 Å². The molecule has 6 heteroatoms. The van der Waals surface area contributed by atoms with Gasteiger partial charge in [-0.2, -0.15) is 0 Å². The molecule has 6 nitrogen and oxygen atoms in total. The minimum atomic E-state index is -0.484.